The van der Waals surface area contributed by atoms with Crippen molar-refractivity contribution in [3.05, 3.63) is 95.7 Å². The van der Waals surface area contributed by atoms with Crippen LogP contribution in [0.1, 0.15) is 16.7 Å². The summed E-state index contributed by atoms with van der Waals surface area (Å²) in [5, 5.41) is 13.8. The first-order chi connectivity index (χ1) is 13.7. The lowest BCUT2D eigenvalue weighted by Crippen LogP contribution is -2.01. The number of aromatic nitrogens is 2. The fraction of sp³-hybridized carbons (Fsp3) is 0.0435. The fourth-order valence-corrected chi connectivity index (χ4v) is 3.07. The number of H-pyrrole nitrogens is 1. The Labute approximate surface area is 162 Å². The minimum atomic E-state index is -0.963. The predicted octanol–water partition coefficient (Wildman–Crippen LogP) is 4.80. The number of rotatable bonds is 6. The molecule has 0 amide bonds. The lowest BCUT2D eigenvalue weighted by molar-refractivity contribution is -0.130. The van der Waals surface area contributed by atoms with Gasteiger partial charge in [0.15, 0.2) is 0 Å². The summed E-state index contributed by atoms with van der Waals surface area (Å²) in [6.45, 7) is 0.685. The second kappa shape index (κ2) is 7.80. The van der Waals surface area contributed by atoms with Crippen molar-refractivity contribution < 1.29 is 9.90 Å². The number of pyridine rings is 1. The maximum Gasteiger partial charge on any atom is 0.336 e. The van der Waals surface area contributed by atoms with E-state index < -0.39 is 5.97 Å². The Kier molecular flexibility index (Phi) is 4.89. The van der Waals surface area contributed by atoms with E-state index >= 15 is 0 Å². The third-order valence-corrected chi connectivity index (χ3v) is 4.50. The van der Waals surface area contributed by atoms with Gasteiger partial charge in [-0.05, 0) is 29.3 Å². The number of nitrogens with one attached hydrogen (secondary N) is 2. The number of carboxylic acids is 1. The van der Waals surface area contributed by atoms with Crippen molar-refractivity contribution in [3.63, 3.8) is 0 Å². The number of hydrogen-bond donors (Lipinski definition) is 3. The quantitative estimate of drug-likeness (QED) is 0.427. The van der Waals surface area contributed by atoms with E-state index in [4.69, 9.17) is 0 Å². The third-order valence-electron chi connectivity index (χ3n) is 4.50. The lowest BCUT2D eigenvalue weighted by atomic mass is 10.0. The molecule has 0 atom stereocenters. The van der Waals surface area contributed by atoms with Crippen LogP contribution in [0.4, 0.5) is 5.82 Å². The second-order valence-corrected chi connectivity index (χ2v) is 6.41. The summed E-state index contributed by atoms with van der Waals surface area (Å²) < 4.78 is 0. The topological polar surface area (TPSA) is 78.0 Å². The number of carbonyl (C=O) groups is 1. The van der Waals surface area contributed by atoms with Crippen molar-refractivity contribution in [1.82, 2.24) is 9.97 Å². The number of nitrogens with zero attached hydrogens (tertiary/aromatic N) is 1. The summed E-state index contributed by atoms with van der Waals surface area (Å²) in [6, 6.07) is 23.1. The van der Waals surface area contributed by atoms with E-state index in [-0.39, 0.29) is 5.57 Å². The highest BCUT2D eigenvalue weighted by atomic mass is 16.4. The van der Waals surface area contributed by atoms with Gasteiger partial charge in [-0.3, -0.25) is 0 Å². The van der Waals surface area contributed by atoms with Crippen LogP contribution in [0.15, 0.2) is 79.0 Å². The Morgan fingerprint density at radius 2 is 1.71 bits per heavy atom. The summed E-state index contributed by atoms with van der Waals surface area (Å²) in [7, 11) is 0. The van der Waals surface area contributed by atoms with Crippen molar-refractivity contribution in [2.24, 2.45) is 0 Å². The Morgan fingerprint density at radius 1 is 1.00 bits per heavy atom. The van der Waals surface area contributed by atoms with Crippen LogP contribution in [-0.2, 0) is 11.3 Å². The van der Waals surface area contributed by atoms with E-state index in [1.165, 1.54) is 5.56 Å². The van der Waals surface area contributed by atoms with Crippen molar-refractivity contribution >= 4 is 34.5 Å². The van der Waals surface area contributed by atoms with E-state index in [0.717, 1.165) is 16.8 Å². The summed E-state index contributed by atoms with van der Waals surface area (Å²) in [4.78, 5) is 19.5. The van der Waals surface area contributed by atoms with Crippen molar-refractivity contribution in [1.29, 1.82) is 0 Å². The molecule has 3 N–H and O–H groups in total. The van der Waals surface area contributed by atoms with E-state index in [2.05, 4.69) is 27.4 Å². The molecule has 2 aromatic carbocycles. The summed E-state index contributed by atoms with van der Waals surface area (Å²) in [5.74, 6) is -0.204. The monoisotopic (exact) mass is 369 g/mol. The molecule has 0 bridgehead atoms. The Balaban J connectivity index is 1.61. The van der Waals surface area contributed by atoms with Crippen LogP contribution in [0.2, 0.25) is 0 Å². The van der Waals surface area contributed by atoms with Gasteiger partial charge in [-0.15, -0.1) is 0 Å². The van der Waals surface area contributed by atoms with Crippen LogP contribution in [0.25, 0.3) is 22.7 Å². The van der Waals surface area contributed by atoms with Gasteiger partial charge in [-0.25, -0.2) is 9.78 Å². The molecule has 0 aliphatic carbocycles. The predicted molar refractivity (Wildman–Crippen MR) is 112 cm³/mol. The molecule has 138 valence electrons. The van der Waals surface area contributed by atoms with Crippen molar-refractivity contribution in [2.45, 2.75) is 6.54 Å². The van der Waals surface area contributed by atoms with Crippen molar-refractivity contribution in [2.75, 3.05) is 5.32 Å². The number of anilines is 1. The van der Waals surface area contributed by atoms with E-state index in [1.54, 1.807) is 24.4 Å². The average molecular weight is 369 g/mol. The highest BCUT2D eigenvalue weighted by molar-refractivity contribution is 6.21. The molecular formula is C23H19N3O2. The van der Waals surface area contributed by atoms with Gasteiger partial charge in [0.1, 0.15) is 11.5 Å². The van der Waals surface area contributed by atoms with E-state index in [1.807, 2.05) is 48.5 Å². The highest BCUT2D eigenvalue weighted by Gasteiger charge is 2.12. The molecule has 0 aliphatic rings. The molecule has 2 aromatic heterocycles. The van der Waals surface area contributed by atoms with Gasteiger partial charge in [0.05, 0.1) is 5.57 Å². The number of aliphatic carboxylic acids is 1. The number of hydrogen-bond acceptors (Lipinski definition) is 3. The number of benzene rings is 2. The van der Waals surface area contributed by atoms with Gasteiger partial charge >= 0.3 is 5.97 Å². The molecule has 28 heavy (non-hydrogen) atoms. The molecule has 0 aliphatic heterocycles. The molecule has 0 radical (unpaired) electrons. The van der Waals surface area contributed by atoms with E-state index in [0.29, 0.717) is 17.8 Å². The molecule has 5 nitrogen and oxygen atoms in total. The summed E-state index contributed by atoms with van der Waals surface area (Å²) >= 11 is 0. The van der Waals surface area contributed by atoms with Crippen LogP contribution in [-0.4, -0.2) is 21.0 Å². The molecular weight excluding hydrogens is 350 g/mol. The van der Waals surface area contributed by atoms with Crippen molar-refractivity contribution in [3.8, 4) is 0 Å². The average Bonchev–Trinajstić information content (AvgIpc) is 3.13. The van der Waals surface area contributed by atoms with Crippen LogP contribution in [0, 0.1) is 0 Å². The Hall–Kier alpha value is -3.86. The van der Waals surface area contributed by atoms with Gasteiger partial charge in [-0.2, -0.15) is 0 Å². The summed E-state index contributed by atoms with van der Waals surface area (Å²) in [6.07, 6.45) is 3.46. The van der Waals surface area contributed by atoms with Gasteiger partial charge in [-0.1, -0.05) is 60.7 Å². The molecule has 4 rings (SSSR count). The zero-order valence-electron chi connectivity index (χ0n) is 15.1. The van der Waals surface area contributed by atoms with E-state index in [9.17, 15) is 9.90 Å². The molecule has 0 fully saturated rings. The SMILES string of the molecule is O=C(O)/C(=C/c1c[nH]c2nc(NCc3ccccc3)ccc12)c1ccccc1. The maximum atomic E-state index is 11.7. The molecule has 5 heteroatoms. The second-order valence-electron chi connectivity index (χ2n) is 6.41. The minimum absolute atomic E-state index is 0.243. The molecule has 0 spiro atoms. The fourth-order valence-electron chi connectivity index (χ4n) is 3.07. The first kappa shape index (κ1) is 17.5. The largest absolute Gasteiger partial charge is 0.478 e. The number of fused-ring (bicyclic) bond motifs is 1. The zero-order chi connectivity index (χ0) is 19.3. The molecule has 2 heterocycles. The van der Waals surface area contributed by atoms with Gasteiger partial charge in [0.25, 0.3) is 0 Å². The smallest absolute Gasteiger partial charge is 0.336 e. The van der Waals surface area contributed by atoms with Crippen LogP contribution in [0.5, 0.6) is 0 Å². The highest BCUT2D eigenvalue weighted by Crippen LogP contribution is 2.25. The number of aromatic amines is 1. The molecule has 0 saturated heterocycles. The Bertz CT molecular complexity index is 1130. The molecule has 0 saturated carbocycles. The summed E-state index contributed by atoms with van der Waals surface area (Å²) in [5.41, 5.74) is 3.58. The molecule has 0 unspecified atom stereocenters. The van der Waals surface area contributed by atoms with Gasteiger partial charge in [0, 0.05) is 23.7 Å². The third kappa shape index (κ3) is 3.78. The first-order valence-corrected chi connectivity index (χ1v) is 8.97. The van der Waals surface area contributed by atoms with Gasteiger partial charge in [0.2, 0.25) is 0 Å². The van der Waals surface area contributed by atoms with Gasteiger partial charge < -0.3 is 15.4 Å². The standard InChI is InChI=1S/C23H19N3O2/c27-23(28)20(17-9-5-2-6-10-17)13-18-15-25-22-19(18)11-12-21(26-22)24-14-16-7-3-1-4-8-16/h1-13,15H,14H2,(H,27,28)(H2,24,25,26)/b20-13+. The zero-order valence-corrected chi connectivity index (χ0v) is 15.1. The minimum Gasteiger partial charge on any atom is -0.478 e. The maximum absolute atomic E-state index is 11.7. The first-order valence-electron chi connectivity index (χ1n) is 8.97. The number of carboxylic acid groups (broad SMARTS) is 1. The Morgan fingerprint density at radius 3 is 2.43 bits per heavy atom. The van der Waals surface area contributed by atoms with Crippen LogP contribution >= 0.6 is 0 Å². The normalized spacial score (nSPS) is 11.5. The molecule has 4 aromatic rings. The van der Waals surface area contributed by atoms with Crippen LogP contribution < -0.4 is 5.32 Å². The lowest BCUT2D eigenvalue weighted by Gasteiger charge is -2.06. The van der Waals surface area contributed by atoms with Crippen LogP contribution in [0.3, 0.4) is 0 Å².